The molecule has 5 nitrogen and oxygen atoms in total. The van der Waals surface area contributed by atoms with Crippen molar-refractivity contribution in [3.8, 4) is 0 Å². The summed E-state index contributed by atoms with van der Waals surface area (Å²) in [6, 6.07) is 0. The Hall–Kier alpha value is -1.36. The minimum absolute atomic E-state index is 0.328. The number of ether oxygens (including phenoxy) is 1. The van der Waals surface area contributed by atoms with Crippen molar-refractivity contribution in [2.75, 3.05) is 13.2 Å². The summed E-state index contributed by atoms with van der Waals surface area (Å²) in [5, 5.41) is 0. The van der Waals surface area contributed by atoms with Crippen molar-refractivity contribution in [1.82, 2.24) is 9.55 Å². The molecule has 1 N–H and O–H groups in total. The fourth-order valence-corrected chi connectivity index (χ4v) is 1.19. The maximum atomic E-state index is 11.3. The first kappa shape index (κ1) is 11.7. The molecule has 1 rings (SSSR count). The minimum atomic E-state index is -0.384. The Morgan fingerprint density at radius 3 is 2.80 bits per heavy atom. The number of nitrogens with one attached hydrogen (secondary N) is 1. The number of hydrogen-bond acceptors (Lipinski definition) is 3. The third kappa shape index (κ3) is 3.36. The van der Waals surface area contributed by atoms with E-state index < -0.39 is 0 Å². The molecule has 0 atom stereocenters. The van der Waals surface area contributed by atoms with Crippen LogP contribution in [-0.2, 0) is 11.3 Å². The van der Waals surface area contributed by atoms with Crippen LogP contribution >= 0.6 is 0 Å². The highest BCUT2D eigenvalue weighted by Crippen LogP contribution is 1.86. The summed E-state index contributed by atoms with van der Waals surface area (Å²) >= 11 is 0. The molecule has 0 fully saturated rings. The van der Waals surface area contributed by atoms with Crippen molar-refractivity contribution in [3.05, 3.63) is 32.6 Å². The Labute approximate surface area is 87.7 Å². The monoisotopic (exact) mass is 212 g/mol. The highest BCUT2D eigenvalue weighted by molar-refractivity contribution is 5.00. The van der Waals surface area contributed by atoms with Gasteiger partial charge >= 0.3 is 5.69 Å². The molecular formula is C10H16N2O3. The Kier molecular flexibility index (Phi) is 4.30. The normalized spacial score (nSPS) is 10.5. The first-order valence-electron chi connectivity index (χ1n) is 5.03. The summed E-state index contributed by atoms with van der Waals surface area (Å²) < 4.78 is 6.71. The molecule has 0 aliphatic rings. The van der Waals surface area contributed by atoms with Gasteiger partial charge in [0, 0.05) is 18.4 Å². The summed E-state index contributed by atoms with van der Waals surface area (Å²) in [6.07, 6.45) is 2.51. The van der Waals surface area contributed by atoms with E-state index in [-0.39, 0.29) is 11.2 Å². The van der Waals surface area contributed by atoms with Gasteiger partial charge in [0.2, 0.25) is 0 Å². The number of hydrogen-bond donors (Lipinski definition) is 1. The maximum Gasteiger partial charge on any atom is 0.328 e. The molecule has 0 saturated carbocycles. The predicted molar refractivity (Wildman–Crippen MR) is 57.2 cm³/mol. The molecule has 0 unspecified atom stereocenters. The summed E-state index contributed by atoms with van der Waals surface area (Å²) in [6.45, 7) is 5.34. The lowest BCUT2D eigenvalue weighted by Crippen LogP contribution is -2.31. The van der Waals surface area contributed by atoms with Gasteiger partial charge in [-0.3, -0.25) is 14.3 Å². The molecule has 0 aromatic carbocycles. The van der Waals surface area contributed by atoms with E-state index in [0.29, 0.717) is 25.3 Å². The van der Waals surface area contributed by atoms with Crippen LogP contribution in [0.4, 0.5) is 0 Å². The van der Waals surface area contributed by atoms with Crippen LogP contribution in [0.15, 0.2) is 15.8 Å². The summed E-state index contributed by atoms with van der Waals surface area (Å²) in [5.41, 5.74) is -0.179. The fourth-order valence-electron chi connectivity index (χ4n) is 1.19. The van der Waals surface area contributed by atoms with E-state index in [2.05, 4.69) is 4.98 Å². The van der Waals surface area contributed by atoms with Crippen LogP contribution in [0.25, 0.3) is 0 Å². The summed E-state index contributed by atoms with van der Waals surface area (Å²) in [7, 11) is 0. The second-order valence-corrected chi connectivity index (χ2v) is 3.38. The predicted octanol–water partition coefficient (Wildman–Crippen LogP) is 0.272. The van der Waals surface area contributed by atoms with Gasteiger partial charge in [0.1, 0.15) is 0 Å². The van der Waals surface area contributed by atoms with E-state index in [4.69, 9.17) is 4.74 Å². The van der Waals surface area contributed by atoms with Gasteiger partial charge in [0.15, 0.2) is 0 Å². The van der Waals surface area contributed by atoms with Crippen molar-refractivity contribution in [3.63, 3.8) is 0 Å². The van der Waals surface area contributed by atoms with Gasteiger partial charge in [0.25, 0.3) is 5.56 Å². The molecule has 1 aromatic rings. The van der Waals surface area contributed by atoms with E-state index in [0.717, 1.165) is 6.42 Å². The molecule has 84 valence electrons. The van der Waals surface area contributed by atoms with Gasteiger partial charge < -0.3 is 4.74 Å². The summed E-state index contributed by atoms with van der Waals surface area (Å²) in [4.78, 5) is 24.6. The van der Waals surface area contributed by atoms with Crippen LogP contribution < -0.4 is 11.2 Å². The number of rotatable bonds is 5. The molecular weight excluding hydrogens is 196 g/mol. The first-order valence-corrected chi connectivity index (χ1v) is 5.03. The third-order valence-electron chi connectivity index (χ3n) is 2.01. The molecule has 0 radical (unpaired) electrons. The van der Waals surface area contributed by atoms with E-state index >= 15 is 0 Å². The van der Waals surface area contributed by atoms with Crippen molar-refractivity contribution in [1.29, 1.82) is 0 Å². The third-order valence-corrected chi connectivity index (χ3v) is 2.01. The van der Waals surface area contributed by atoms with Gasteiger partial charge in [-0.2, -0.15) is 0 Å². The molecule has 0 amide bonds. The lowest BCUT2D eigenvalue weighted by atomic mass is 10.4. The molecule has 0 spiro atoms. The molecule has 0 bridgehead atoms. The SMILES string of the molecule is CCCOCCn1cc(C)c(=O)[nH]c1=O. The molecule has 0 aliphatic carbocycles. The van der Waals surface area contributed by atoms with Crippen LogP contribution in [0.5, 0.6) is 0 Å². The van der Waals surface area contributed by atoms with Crippen LogP contribution in [0.1, 0.15) is 18.9 Å². The second-order valence-electron chi connectivity index (χ2n) is 3.38. The molecule has 0 saturated heterocycles. The summed E-state index contributed by atoms with van der Waals surface area (Å²) in [5.74, 6) is 0. The van der Waals surface area contributed by atoms with E-state index in [9.17, 15) is 9.59 Å². The standard InChI is InChI=1S/C10H16N2O3/c1-3-5-15-6-4-12-7-8(2)9(13)11-10(12)14/h7H,3-6H2,1-2H3,(H,11,13,14). The Balaban J connectivity index is 2.66. The Morgan fingerprint density at radius 1 is 1.40 bits per heavy atom. The lowest BCUT2D eigenvalue weighted by Gasteiger charge is -2.06. The largest absolute Gasteiger partial charge is 0.380 e. The molecule has 15 heavy (non-hydrogen) atoms. The minimum Gasteiger partial charge on any atom is -0.380 e. The number of aromatic nitrogens is 2. The highest BCUT2D eigenvalue weighted by Gasteiger charge is 1.99. The van der Waals surface area contributed by atoms with Crippen LogP contribution in [0, 0.1) is 6.92 Å². The molecule has 5 heteroatoms. The lowest BCUT2D eigenvalue weighted by molar-refractivity contribution is 0.126. The van der Waals surface area contributed by atoms with Gasteiger partial charge in [-0.15, -0.1) is 0 Å². The smallest absolute Gasteiger partial charge is 0.328 e. The number of aromatic amines is 1. The van der Waals surface area contributed by atoms with E-state index in [1.807, 2.05) is 6.92 Å². The van der Waals surface area contributed by atoms with Crippen molar-refractivity contribution in [2.45, 2.75) is 26.8 Å². The average Bonchev–Trinajstić information content (AvgIpc) is 2.20. The van der Waals surface area contributed by atoms with Crippen LogP contribution in [-0.4, -0.2) is 22.8 Å². The highest BCUT2D eigenvalue weighted by atomic mass is 16.5. The zero-order valence-electron chi connectivity index (χ0n) is 9.08. The maximum absolute atomic E-state index is 11.3. The quantitative estimate of drug-likeness (QED) is 0.713. The fraction of sp³-hybridized carbons (Fsp3) is 0.600. The van der Waals surface area contributed by atoms with Crippen molar-refractivity contribution >= 4 is 0 Å². The Morgan fingerprint density at radius 2 is 2.13 bits per heavy atom. The van der Waals surface area contributed by atoms with Crippen LogP contribution in [0.2, 0.25) is 0 Å². The Bertz CT molecular complexity index is 419. The number of aryl methyl sites for hydroxylation is 1. The van der Waals surface area contributed by atoms with Gasteiger partial charge in [0.05, 0.1) is 13.2 Å². The topological polar surface area (TPSA) is 64.1 Å². The zero-order chi connectivity index (χ0) is 11.3. The molecule has 1 aromatic heterocycles. The van der Waals surface area contributed by atoms with Gasteiger partial charge in [-0.05, 0) is 13.3 Å². The average molecular weight is 212 g/mol. The van der Waals surface area contributed by atoms with E-state index in [1.165, 1.54) is 4.57 Å². The van der Waals surface area contributed by atoms with E-state index in [1.54, 1.807) is 13.1 Å². The number of H-pyrrole nitrogens is 1. The second kappa shape index (κ2) is 5.50. The number of nitrogens with zero attached hydrogens (tertiary/aromatic N) is 1. The van der Waals surface area contributed by atoms with Crippen molar-refractivity contribution in [2.24, 2.45) is 0 Å². The first-order chi connectivity index (χ1) is 7.15. The van der Waals surface area contributed by atoms with Gasteiger partial charge in [-0.25, -0.2) is 4.79 Å². The molecule has 0 aliphatic heterocycles. The van der Waals surface area contributed by atoms with Crippen LogP contribution in [0.3, 0.4) is 0 Å². The van der Waals surface area contributed by atoms with Gasteiger partial charge in [-0.1, -0.05) is 6.92 Å². The van der Waals surface area contributed by atoms with Crippen molar-refractivity contribution < 1.29 is 4.74 Å². The molecule has 1 heterocycles. The zero-order valence-corrected chi connectivity index (χ0v) is 9.08.